The summed E-state index contributed by atoms with van der Waals surface area (Å²) in [6, 6.07) is 26.9. The second-order valence-corrected chi connectivity index (χ2v) is 16.8. The summed E-state index contributed by atoms with van der Waals surface area (Å²) >= 11 is 0. The maximum atomic E-state index is 10.0. The molecule has 6 aromatic rings. The number of nitrogens with zero attached hydrogens (tertiary/aromatic N) is 2. The van der Waals surface area contributed by atoms with Gasteiger partial charge in [0, 0.05) is 36.2 Å². The van der Waals surface area contributed by atoms with E-state index in [0.29, 0.717) is 39.1 Å². The van der Waals surface area contributed by atoms with Crippen molar-refractivity contribution < 1.29 is 17.2 Å². The maximum absolute atomic E-state index is 10.0. The standard InChI is InChI=1S/C37H35N2OSi/c1-23-13-16-30-31-17-14-27(21-38)35(26-11-9-8-10-12-26)37(31)40-36(30)34(23)33-20-32(25(3)22-39(33)4)29-18-15-28(19-24(29)2)41(5,6)7/h8-20,22H,1-7H3/q+1/i2D3,3D3. The number of benzene rings is 4. The van der Waals surface area contributed by atoms with Gasteiger partial charge in [0.2, 0.25) is 5.69 Å². The third kappa shape index (κ3) is 4.47. The van der Waals surface area contributed by atoms with Gasteiger partial charge in [0.25, 0.3) is 0 Å². The Labute approximate surface area is 251 Å². The van der Waals surface area contributed by atoms with Crippen LogP contribution in [0, 0.1) is 32.0 Å². The van der Waals surface area contributed by atoms with Gasteiger partial charge in [-0.15, -0.1) is 0 Å². The van der Waals surface area contributed by atoms with Gasteiger partial charge in [-0.2, -0.15) is 5.26 Å². The Morgan fingerprint density at radius 2 is 1.49 bits per heavy atom. The molecule has 3 nitrogen and oxygen atoms in total. The van der Waals surface area contributed by atoms with E-state index in [4.69, 9.17) is 12.6 Å². The number of furan rings is 1. The van der Waals surface area contributed by atoms with E-state index in [9.17, 15) is 5.26 Å². The zero-order valence-electron chi connectivity index (χ0n) is 29.9. The van der Waals surface area contributed by atoms with Crippen LogP contribution in [0.4, 0.5) is 0 Å². The molecule has 0 spiro atoms. The van der Waals surface area contributed by atoms with Crippen molar-refractivity contribution in [2.24, 2.45) is 7.05 Å². The highest BCUT2D eigenvalue weighted by Gasteiger charge is 2.25. The van der Waals surface area contributed by atoms with Crippen LogP contribution in [0.25, 0.3) is 55.4 Å². The molecule has 0 aliphatic heterocycles. The van der Waals surface area contributed by atoms with Gasteiger partial charge >= 0.3 is 0 Å². The summed E-state index contributed by atoms with van der Waals surface area (Å²) in [6.07, 6.45) is 1.58. The van der Waals surface area contributed by atoms with E-state index in [-0.39, 0.29) is 11.1 Å². The van der Waals surface area contributed by atoms with E-state index < -0.39 is 21.8 Å². The van der Waals surface area contributed by atoms with Crippen LogP contribution in [0.3, 0.4) is 0 Å². The lowest BCUT2D eigenvalue weighted by atomic mass is 9.93. The summed E-state index contributed by atoms with van der Waals surface area (Å²) in [5.74, 6) is 0. The number of hydrogen-bond acceptors (Lipinski definition) is 2. The minimum absolute atomic E-state index is 0.0643. The summed E-state index contributed by atoms with van der Waals surface area (Å²) in [7, 11) is -0.0894. The third-order valence-corrected chi connectivity index (χ3v) is 9.95. The predicted molar refractivity (Wildman–Crippen MR) is 173 cm³/mol. The fourth-order valence-corrected chi connectivity index (χ4v) is 6.83. The second-order valence-electron chi connectivity index (χ2n) is 11.7. The molecule has 0 bridgehead atoms. The van der Waals surface area contributed by atoms with Crippen LogP contribution in [0.1, 0.15) is 30.5 Å². The molecule has 4 aromatic carbocycles. The number of pyridine rings is 1. The van der Waals surface area contributed by atoms with Crippen molar-refractivity contribution in [1.29, 1.82) is 5.26 Å². The van der Waals surface area contributed by atoms with Crippen molar-refractivity contribution in [1.82, 2.24) is 0 Å². The Bertz CT molecular complexity index is 2240. The lowest BCUT2D eigenvalue weighted by molar-refractivity contribution is -0.660. The summed E-state index contributed by atoms with van der Waals surface area (Å²) in [5.41, 5.74) is 6.49. The molecule has 0 saturated heterocycles. The van der Waals surface area contributed by atoms with Gasteiger partial charge in [0.15, 0.2) is 6.20 Å². The number of hydrogen-bond donors (Lipinski definition) is 0. The first kappa shape index (κ1) is 20.4. The van der Waals surface area contributed by atoms with Crippen LogP contribution in [0.5, 0.6) is 0 Å². The molecule has 6 rings (SSSR count). The van der Waals surface area contributed by atoms with E-state index in [2.05, 4.69) is 25.7 Å². The van der Waals surface area contributed by atoms with Gasteiger partial charge in [0.1, 0.15) is 18.2 Å². The van der Waals surface area contributed by atoms with Crippen molar-refractivity contribution in [3.05, 3.63) is 107 Å². The molecular formula is C37H35N2OSi+. The zero-order chi connectivity index (χ0) is 34.1. The Kier molecular flexibility index (Phi) is 4.91. The van der Waals surface area contributed by atoms with Crippen molar-refractivity contribution >= 4 is 35.2 Å². The molecule has 0 aliphatic rings. The zero-order valence-corrected chi connectivity index (χ0v) is 24.9. The Morgan fingerprint density at radius 3 is 2.17 bits per heavy atom. The van der Waals surface area contributed by atoms with Crippen molar-refractivity contribution in [3.63, 3.8) is 0 Å². The smallest absolute Gasteiger partial charge is 0.216 e. The summed E-state index contributed by atoms with van der Waals surface area (Å²) in [4.78, 5) is 0. The molecule has 0 saturated carbocycles. The van der Waals surface area contributed by atoms with Gasteiger partial charge in [-0.25, -0.2) is 4.57 Å². The van der Waals surface area contributed by atoms with E-state index >= 15 is 0 Å². The van der Waals surface area contributed by atoms with Gasteiger partial charge in [-0.1, -0.05) is 85.5 Å². The fourth-order valence-electron chi connectivity index (χ4n) is 5.67. The molecule has 202 valence electrons. The largest absolute Gasteiger partial charge is 0.454 e. The Hall–Kier alpha value is -4.46. The molecule has 41 heavy (non-hydrogen) atoms. The van der Waals surface area contributed by atoms with E-state index in [1.165, 1.54) is 0 Å². The average Bonchev–Trinajstić information content (AvgIpc) is 3.38. The number of aryl methyl sites for hydroxylation is 4. The normalized spacial score (nSPS) is 14.5. The molecule has 0 radical (unpaired) electrons. The molecule has 0 aliphatic carbocycles. The first-order valence-corrected chi connectivity index (χ1v) is 17.1. The molecule has 0 amide bonds. The highest BCUT2D eigenvalue weighted by atomic mass is 28.3. The van der Waals surface area contributed by atoms with Crippen LogP contribution in [0.2, 0.25) is 19.6 Å². The lowest BCUT2D eigenvalue weighted by Crippen LogP contribution is -2.37. The van der Waals surface area contributed by atoms with Crippen LogP contribution in [0.15, 0.2) is 89.5 Å². The highest BCUT2D eigenvalue weighted by Crippen LogP contribution is 2.42. The Morgan fingerprint density at radius 1 is 0.780 bits per heavy atom. The molecule has 0 unspecified atom stereocenters. The van der Waals surface area contributed by atoms with Crippen LogP contribution < -0.4 is 9.75 Å². The van der Waals surface area contributed by atoms with Gasteiger partial charge in [0.05, 0.1) is 25.3 Å². The Balaban J connectivity index is 1.70. The number of aromatic nitrogens is 1. The molecule has 0 fully saturated rings. The first-order valence-electron chi connectivity index (χ1n) is 16.6. The fraction of sp³-hybridized carbons (Fsp3) is 0.189. The van der Waals surface area contributed by atoms with E-state index in [1.54, 1.807) is 36.0 Å². The molecule has 0 atom stereocenters. The topological polar surface area (TPSA) is 40.8 Å². The quantitative estimate of drug-likeness (QED) is 0.161. The van der Waals surface area contributed by atoms with E-state index in [1.807, 2.05) is 67.6 Å². The second kappa shape index (κ2) is 9.87. The van der Waals surface area contributed by atoms with Gasteiger partial charge < -0.3 is 4.42 Å². The molecule has 2 heterocycles. The van der Waals surface area contributed by atoms with Gasteiger partial charge in [-0.05, 0) is 60.6 Å². The molecule has 0 N–H and O–H groups in total. The highest BCUT2D eigenvalue weighted by molar-refractivity contribution is 6.88. The monoisotopic (exact) mass is 557 g/mol. The number of nitriles is 1. The molecular weight excluding hydrogens is 517 g/mol. The number of rotatable bonds is 4. The van der Waals surface area contributed by atoms with Crippen molar-refractivity contribution in [2.45, 2.75) is 40.3 Å². The summed E-state index contributed by atoms with van der Waals surface area (Å²) in [6.45, 7) is 3.46. The first-order chi connectivity index (χ1) is 22.0. The minimum atomic E-state index is -2.51. The lowest BCUT2D eigenvalue weighted by Gasteiger charge is -2.19. The third-order valence-electron chi connectivity index (χ3n) is 7.91. The minimum Gasteiger partial charge on any atom is -0.454 e. The van der Waals surface area contributed by atoms with Crippen molar-refractivity contribution in [3.8, 4) is 39.6 Å². The van der Waals surface area contributed by atoms with Gasteiger partial charge in [-0.3, -0.25) is 0 Å². The van der Waals surface area contributed by atoms with Crippen molar-refractivity contribution in [2.75, 3.05) is 0 Å². The van der Waals surface area contributed by atoms with Crippen LogP contribution >= 0.6 is 0 Å². The summed E-state index contributed by atoms with van der Waals surface area (Å²) in [5, 5.41) is 12.7. The average molecular weight is 558 g/mol. The number of fused-ring (bicyclic) bond motifs is 3. The van der Waals surface area contributed by atoms with Crippen LogP contribution in [-0.4, -0.2) is 8.07 Å². The molecule has 2 aromatic heterocycles. The summed E-state index contributed by atoms with van der Waals surface area (Å²) < 4.78 is 59.1. The molecule has 4 heteroatoms. The van der Waals surface area contributed by atoms with Crippen LogP contribution in [-0.2, 0) is 7.05 Å². The van der Waals surface area contributed by atoms with E-state index in [0.717, 1.165) is 32.6 Å². The maximum Gasteiger partial charge on any atom is 0.216 e. The predicted octanol–water partition coefficient (Wildman–Crippen LogP) is 8.75. The SMILES string of the molecule is [2H]C([2H])([2H])c1cc([Si](C)(C)C)ccc1-c1cc(-c2c(C)ccc3c2oc2c(-c4ccccc4)c(C#N)ccc23)[n+](C)cc1C([2H])([2H])[2H].